The molecule has 3 aliphatic heterocycles. The van der Waals surface area contributed by atoms with Gasteiger partial charge < -0.3 is 29.7 Å². The monoisotopic (exact) mass is 447 g/mol. The number of fused-ring (bicyclic) bond motifs is 1. The van der Waals surface area contributed by atoms with E-state index in [2.05, 4.69) is 5.32 Å². The molecular formula is C19H21F4N3O5. The average Bonchev–Trinajstić information content (AvgIpc) is 2.65. The number of benzene rings is 1. The van der Waals surface area contributed by atoms with Crippen molar-refractivity contribution in [2.24, 2.45) is 0 Å². The number of urea groups is 1. The summed E-state index contributed by atoms with van der Waals surface area (Å²) in [6, 6.07) is 1.91. The van der Waals surface area contributed by atoms with Gasteiger partial charge in [0.1, 0.15) is 18.5 Å². The van der Waals surface area contributed by atoms with Crippen molar-refractivity contribution in [3.05, 3.63) is 35.1 Å². The fraction of sp³-hybridized carbons (Fsp3) is 0.579. The quantitative estimate of drug-likeness (QED) is 0.677. The molecule has 170 valence electrons. The van der Waals surface area contributed by atoms with E-state index in [-0.39, 0.29) is 50.5 Å². The minimum atomic E-state index is -4.62. The van der Waals surface area contributed by atoms with Crippen molar-refractivity contribution >= 4 is 11.9 Å². The number of nitrogens with zero attached hydrogens (tertiary/aromatic N) is 2. The molecule has 3 aliphatic rings. The highest BCUT2D eigenvalue weighted by Crippen LogP contribution is 2.31. The molecule has 3 amide bonds. The standard InChI is InChI=1S/C19H21F4N3O5/c20-14-5-12(19(21,22)23)2-1-11(14)8-30-13-6-26(7-13)17(28)25-4-3-15-18(29,10-25)24-16(27)9-31-15/h1-2,5,13,15,29H,3-4,6-10H2,(H,24,27)/t15-,18-/m0/s1. The lowest BCUT2D eigenvalue weighted by molar-refractivity contribution is -0.193. The molecule has 3 fully saturated rings. The number of ether oxygens (including phenoxy) is 2. The first kappa shape index (κ1) is 21.8. The lowest BCUT2D eigenvalue weighted by Crippen LogP contribution is -2.72. The summed E-state index contributed by atoms with van der Waals surface area (Å²) in [5, 5.41) is 13.1. The molecule has 1 aromatic carbocycles. The van der Waals surface area contributed by atoms with Crippen LogP contribution in [0.1, 0.15) is 17.5 Å². The number of aliphatic hydroxyl groups is 1. The molecule has 31 heavy (non-hydrogen) atoms. The van der Waals surface area contributed by atoms with Crippen LogP contribution in [0, 0.1) is 5.82 Å². The van der Waals surface area contributed by atoms with Gasteiger partial charge in [-0.15, -0.1) is 0 Å². The molecule has 0 bridgehead atoms. The normalized spacial score (nSPS) is 26.9. The molecule has 0 unspecified atom stereocenters. The Morgan fingerprint density at radius 1 is 1.32 bits per heavy atom. The smallest absolute Gasteiger partial charge is 0.370 e. The number of likely N-dealkylation sites (tertiary alicyclic amines) is 2. The number of nitrogens with one attached hydrogen (secondary N) is 1. The maximum absolute atomic E-state index is 13.9. The van der Waals surface area contributed by atoms with Gasteiger partial charge in [-0.1, -0.05) is 6.07 Å². The van der Waals surface area contributed by atoms with Crippen molar-refractivity contribution < 1.29 is 41.7 Å². The van der Waals surface area contributed by atoms with E-state index in [1.54, 1.807) is 0 Å². The molecule has 1 aromatic rings. The summed E-state index contributed by atoms with van der Waals surface area (Å²) in [6.45, 7) is 0.336. The number of rotatable bonds is 3. The second-order valence-corrected chi connectivity index (χ2v) is 7.91. The third kappa shape index (κ3) is 4.46. The number of β-amino-alcohol motifs (C(OH)–C–C–N with tert-alkyl or cyclic N) is 1. The lowest BCUT2D eigenvalue weighted by atomic mass is 9.96. The van der Waals surface area contributed by atoms with E-state index in [1.165, 1.54) is 9.80 Å². The first-order valence-corrected chi connectivity index (χ1v) is 9.71. The van der Waals surface area contributed by atoms with Gasteiger partial charge in [0, 0.05) is 12.1 Å². The summed E-state index contributed by atoms with van der Waals surface area (Å²) in [7, 11) is 0. The van der Waals surface area contributed by atoms with E-state index in [0.717, 1.165) is 12.1 Å². The van der Waals surface area contributed by atoms with Crippen LogP contribution in [0.3, 0.4) is 0 Å². The van der Waals surface area contributed by atoms with Crippen LogP contribution in [0.5, 0.6) is 0 Å². The Kier molecular flexibility index (Phi) is 5.56. The summed E-state index contributed by atoms with van der Waals surface area (Å²) in [6.07, 6.45) is -5.23. The topological polar surface area (TPSA) is 91.3 Å². The average molecular weight is 447 g/mol. The number of carbonyl (C=O) groups is 2. The predicted octanol–water partition coefficient (Wildman–Crippen LogP) is 1.07. The molecule has 3 saturated heterocycles. The summed E-state index contributed by atoms with van der Waals surface area (Å²) in [4.78, 5) is 27.1. The zero-order valence-electron chi connectivity index (χ0n) is 16.3. The van der Waals surface area contributed by atoms with Gasteiger partial charge in [0.25, 0.3) is 0 Å². The van der Waals surface area contributed by atoms with Crippen molar-refractivity contribution in [1.82, 2.24) is 15.1 Å². The SMILES string of the molecule is O=C1CO[C@H]2CCN(C(=O)N3CC(OCc4ccc(C(F)(F)F)cc4F)C3)C[C@@]2(O)N1. The maximum Gasteiger partial charge on any atom is 0.416 e. The van der Waals surface area contributed by atoms with Crippen LogP contribution in [0.25, 0.3) is 0 Å². The van der Waals surface area contributed by atoms with Crippen LogP contribution >= 0.6 is 0 Å². The van der Waals surface area contributed by atoms with Gasteiger partial charge in [-0.2, -0.15) is 13.2 Å². The van der Waals surface area contributed by atoms with Crippen LogP contribution in [-0.2, 0) is 27.1 Å². The third-order valence-corrected chi connectivity index (χ3v) is 5.64. The van der Waals surface area contributed by atoms with Crippen molar-refractivity contribution in [2.75, 3.05) is 32.8 Å². The van der Waals surface area contributed by atoms with Gasteiger partial charge in [0.05, 0.1) is 37.9 Å². The Bertz CT molecular complexity index is 877. The minimum Gasteiger partial charge on any atom is -0.370 e. The van der Waals surface area contributed by atoms with E-state index in [9.17, 15) is 32.3 Å². The zero-order chi connectivity index (χ0) is 22.4. The number of hydrogen-bond donors (Lipinski definition) is 2. The molecule has 12 heteroatoms. The fourth-order valence-corrected chi connectivity index (χ4v) is 3.89. The number of hydrogen-bond acceptors (Lipinski definition) is 5. The van der Waals surface area contributed by atoms with E-state index < -0.39 is 35.3 Å². The van der Waals surface area contributed by atoms with Crippen LogP contribution < -0.4 is 5.32 Å². The van der Waals surface area contributed by atoms with Crippen LogP contribution in [0.2, 0.25) is 0 Å². The molecule has 0 spiro atoms. The van der Waals surface area contributed by atoms with Gasteiger partial charge in [0.15, 0.2) is 5.72 Å². The van der Waals surface area contributed by atoms with Crippen LogP contribution in [0.4, 0.5) is 22.4 Å². The predicted molar refractivity (Wildman–Crippen MR) is 96.0 cm³/mol. The van der Waals surface area contributed by atoms with Crippen LogP contribution in [0.15, 0.2) is 18.2 Å². The van der Waals surface area contributed by atoms with Crippen LogP contribution in [-0.4, -0.2) is 77.6 Å². The second kappa shape index (κ2) is 7.92. The highest BCUT2D eigenvalue weighted by molar-refractivity contribution is 5.79. The Balaban J connectivity index is 1.26. The van der Waals surface area contributed by atoms with Crippen molar-refractivity contribution in [3.63, 3.8) is 0 Å². The van der Waals surface area contributed by atoms with Crippen molar-refractivity contribution in [3.8, 4) is 0 Å². The van der Waals surface area contributed by atoms with Crippen molar-refractivity contribution in [1.29, 1.82) is 0 Å². The summed E-state index contributed by atoms with van der Waals surface area (Å²) < 4.78 is 62.5. The molecule has 0 aliphatic carbocycles. The number of carbonyl (C=O) groups excluding carboxylic acids is 2. The van der Waals surface area contributed by atoms with Gasteiger partial charge >= 0.3 is 12.2 Å². The summed E-state index contributed by atoms with van der Waals surface area (Å²) in [5.74, 6) is -1.46. The van der Waals surface area contributed by atoms with Gasteiger partial charge in [-0.05, 0) is 18.6 Å². The van der Waals surface area contributed by atoms with E-state index in [4.69, 9.17) is 9.47 Å². The Morgan fingerprint density at radius 3 is 2.74 bits per heavy atom. The molecule has 0 aromatic heterocycles. The first-order chi connectivity index (χ1) is 14.5. The molecule has 2 N–H and O–H groups in total. The highest BCUT2D eigenvalue weighted by Gasteiger charge is 2.49. The number of piperidine rings is 1. The molecule has 3 heterocycles. The summed E-state index contributed by atoms with van der Waals surface area (Å²) >= 11 is 0. The van der Waals surface area contributed by atoms with Gasteiger partial charge in [-0.25, -0.2) is 9.18 Å². The molecule has 4 rings (SSSR count). The second-order valence-electron chi connectivity index (χ2n) is 7.91. The Labute approximate surface area is 174 Å². The molecule has 8 nitrogen and oxygen atoms in total. The van der Waals surface area contributed by atoms with E-state index in [0.29, 0.717) is 19.0 Å². The fourth-order valence-electron chi connectivity index (χ4n) is 3.89. The van der Waals surface area contributed by atoms with Gasteiger partial charge in [-0.3, -0.25) is 4.79 Å². The number of amides is 3. The molecule has 0 saturated carbocycles. The number of alkyl halides is 3. The minimum absolute atomic E-state index is 0.00453. The lowest BCUT2D eigenvalue weighted by Gasteiger charge is -2.49. The molecular weight excluding hydrogens is 426 g/mol. The largest absolute Gasteiger partial charge is 0.416 e. The third-order valence-electron chi connectivity index (χ3n) is 5.64. The van der Waals surface area contributed by atoms with E-state index >= 15 is 0 Å². The highest BCUT2D eigenvalue weighted by atomic mass is 19.4. The number of halogens is 4. The zero-order valence-corrected chi connectivity index (χ0v) is 16.3. The Morgan fingerprint density at radius 2 is 2.06 bits per heavy atom. The van der Waals surface area contributed by atoms with Gasteiger partial charge in [0.2, 0.25) is 5.91 Å². The van der Waals surface area contributed by atoms with E-state index in [1.807, 2.05) is 0 Å². The Hall–Kier alpha value is -2.44. The molecule has 2 atom stereocenters. The first-order valence-electron chi connectivity index (χ1n) is 9.71. The maximum atomic E-state index is 13.9. The summed E-state index contributed by atoms with van der Waals surface area (Å²) in [5.41, 5.74) is -2.71. The number of morpholine rings is 1. The van der Waals surface area contributed by atoms with Crippen molar-refractivity contribution in [2.45, 2.75) is 37.1 Å². The molecule has 0 radical (unpaired) electrons.